The molecule has 1 aromatic carbocycles. The van der Waals surface area contributed by atoms with E-state index in [2.05, 4.69) is 10.3 Å². The van der Waals surface area contributed by atoms with Crippen LogP contribution in [0.3, 0.4) is 0 Å². The number of nitrogens with zero attached hydrogens (tertiary/aromatic N) is 1. The number of carbonyl (C=O) groups excluding carboxylic acids is 1. The van der Waals surface area contributed by atoms with Gasteiger partial charge in [-0.3, -0.25) is 9.78 Å². The third-order valence-electron chi connectivity index (χ3n) is 6.67. The fourth-order valence-electron chi connectivity index (χ4n) is 4.39. The number of aliphatic hydroxyl groups excluding tert-OH is 2. The third-order valence-corrected chi connectivity index (χ3v) is 6.67. The van der Waals surface area contributed by atoms with Gasteiger partial charge in [-0.1, -0.05) is 13.0 Å². The number of methoxy groups -OCH3 is 1. The summed E-state index contributed by atoms with van der Waals surface area (Å²) in [6.45, 7) is 4.99. The molecule has 7 nitrogen and oxygen atoms in total. The average Bonchev–Trinajstić information content (AvgIpc) is 3.07. The van der Waals surface area contributed by atoms with Gasteiger partial charge in [-0.25, -0.2) is 4.39 Å². The summed E-state index contributed by atoms with van der Waals surface area (Å²) in [6, 6.07) is 5.10. The van der Waals surface area contributed by atoms with Crippen molar-refractivity contribution in [2.75, 3.05) is 12.4 Å². The molecule has 1 aromatic heterocycles. The lowest BCUT2D eigenvalue weighted by Gasteiger charge is -2.32. The average molecular weight is 500 g/mol. The Kier molecular flexibility index (Phi) is 7.45. The number of anilines is 1. The summed E-state index contributed by atoms with van der Waals surface area (Å²) in [4.78, 5) is 17.2. The minimum absolute atomic E-state index is 0.0425. The molecule has 6 atom stereocenters. The van der Waals surface area contributed by atoms with Crippen molar-refractivity contribution in [1.29, 1.82) is 0 Å². The Morgan fingerprint density at radius 3 is 2.51 bits per heavy atom. The van der Waals surface area contributed by atoms with E-state index in [1.54, 1.807) is 0 Å². The number of ether oxygens (including phenoxy) is 2. The van der Waals surface area contributed by atoms with Crippen molar-refractivity contribution >= 4 is 11.6 Å². The van der Waals surface area contributed by atoms with Gasteiger partial charge in [0.25, 0.3) is 5.91 Å². The first-order chi connectivity index (χ1) is 16.2. The van der Waals surface area contributed by atoms with E-state index in [-0.39, 0.29) is 28.3 Å². The lowest BCUT2D eigenvalue weighted by Crippen LogP contribution is -2.47. The van der Waals surface area contributed by atoms with Gasteiger partial charge in [-0.15, -0.1) is 0 Å². The van der Waals surface area contributed by atoms with E-state index >= 15 is 0 Å². The van der Waals surface area contributed by atoms with Crippen molar-refractivity contribution in [3.05, 3.63) is 53.1 Å². The molecule has 0 unspecified atom stereocenters. The molecular formula is C24H28F4N2O5. The van der Waals surface area contributed by atoms with Crippen LogP contribution in [0.1, 0.15) is 49.6 Å². The first-order valence-corrected chi connectivity index (χ1v) is 10.9. The van der Waals surface area contributed by atoms with Crippen LogP contribution in [-0.4, -0.2) is 52.2 Å². The summed E-state index contributed by atoms with van der Waals surface area (Å²) < 4.78 is 67.1. The summed E-state index contributed by atoms with van der Waals surface area (Å²) in [5.74, 6) is -3.79. The number of aliphatic hydroxyl groups is 2. The molecule has 1 aliphatic heterocycles. The predicted octanol–water partition coefficient (Wildman–Crippen LogP) is 4.03. The Bertz CT molecular complexity index is 1090. The molecule has 2 heterocycles. The zero-order chi connectivity index (χ0) is 26.3. The molecule has 0 radical (unpaired) electrons. The minimum atomic E-state index is -4.80. The summed E-state index contributed by atoms with van der Waals surface area (Å²) >= 11 is 0. The van der Waals surface area contributed by atoms with Crippen molar-refractivity contribution in [1.82, 2.24) is 4.98 Å². The number of hydrogen-bond donors (Lipinski definition) is 3. The number of nitrogens with one attached hydrogen (secondary N) is 1. The van der Waals surface area contributed by atoms with E-state index in [0.29, 0.717) is 0 Å². The lowest BCUT2D eigenvalue weighted by atomic mass is 9.76. The summed E-state index contributed by atoms with van der Waals surface area (Å²) in [5, 5.41) is 22.1. The summed E-state index contributed by atoms with van der Waals surface area (Å²) in [7, 11) is 1.27. The van der Waals surface area contributed by atoms with Gasteiger partial charge >= 0.3 is 6.18 Å². The van der Waals surface area contributed by atoms with Crippen LogP contribution in [0.15, 0.2) is 30.5 Å². The quantitative estimate of drug-likeness (QED) is 0.518. The van der Waals surface area contributed by atoms with Crippen molar-refractivity contribution < 1.29 is 42.0 Å². The highest BCUT2D eigenvalue weighted by atomic mass is 19.4. The van der Waals surface area contributed by atoms with Gasteiger partial charge in [-0.2, -0.15) is 13.2 Å². The molecule has 11 heteroatoms. The maximum Gasteiger partial charge on any atom is 0.417 e. The highest BCUT2D eigenvalue weighted by molar-refractivity contribution is 5.95. The van der Waals surface area contributed by atoms with Crippen molar-refractivity contribution in [2.24, 2.45) is 5.92 Å². The standard InChI is InChI=1S/C24H28F4N2O5/c1-11-16(25)7-6-15(20(11)34-5)18-12(2)23(4,24(26,27)28)35-21(18)22(33)30-14-8-9-29-17(10-14)19(32)13(3)31/h6-10,12-13,18-19,21,31-32H,1-5H3,(H,29,30,33)/t12-,13-,18-,19+,21+,23+/m1/s1. The molecule has 2 aromatic rings. The van der Waals surface area contributed by atoms with Gasteiger partial charge in [-0.05, 0) is 39.0 Å². The van der Waals surface area contributed by atoms with Crippen LogP contribution < -0.4 is 10.1 Å². The number of carbonyl (C=O) groups is 1. The third kappa shape index (κ3) is 4.85. The molecule has 3 rings (SSSR count). The molecule has 1 amide bonds. The largest absolute Gasteiger partial charge is 0.496 e. The van der Waals surface area contributed by atoms with Gasteiger partial charge in [0, 0.05) is 34.8 Å². The van der Waals surface area contributed by atoms with Gasteiger partial charge in [0.15, 0.2) is 5.60 Å². The lowest BCUT2D eigenvalue weighted by molar-refractivity contribution is -0.272. The Morgan fingerprint density at radius 1 is 1.29 bits per heavy atom. The number of alkyl halides is 3. The van der Waals surface area contributed by atoms with Crippen LogP contribution in [0, 0.1) is 18.7 Å². The Balaban J connectivity index is 2.04. The molecule has 0 aliphatic carbocycles. The fraction of sp³-hybridized carbons (Fsp3) is 0.500. The zero-order valence-electron chi connectivity index (χ0n) is 19.9. The normalized spacial score (nSPS) is 26.3. The monoisotopic (exact) mass is 500 g/mol. The number of benzene rings is 1. The Labute approximate surface area is 200 Å². The maximum absolute atomic E-state index is 14.2. The second-order valence-corrected chi connectivity index (χ2v) is 8.90. The van der Waals surface area contributed by atoms with Crippen LogP contribution in [-0.2, 0) is 9.53 Å². The van der Waals surface area contributed by atoms with Crippen molar-refractivity contribution in [3.63, 3.8) is 0 Å². The second kappa shape index (κ2) is 9.71. The maximum atomic E-state index is 14.2. The smallest absolute Gasteiger partial charge is 0.417 e. The van der Waals surface area contributed by atoms with Gasteiger partial charge < -0.3 is 25.0 Å². The van der Waals surface area contributed by atoms with E-state index in [0.717, 1.165) is 13.0 Å². The molecule has 35 heavy (non-hydrogen) atoms. The fourth-order valence-corrected chi connectivity index (χ4v) is 4.39. The molecule has 0 saturated carbocycles. The molecule has 1 saturated heterocycles. The van der Waals surface area contributed by atoms with Crippen molar-refractivity contribution in [3.8, 4) is 5.75 Å². The number of pyridine rings is 1. The van der Waals surface area contributed by atoms with E-state index in [4.69, 9.17) is 9.47 Å². The van der Waals surface area contributed by atoms with Gasteiger partial charge in [0.05, 0.1) is 18.9 Å². The van der Waals surface area contributed by atoms with Gasteiger partial charge in [0.1, 0.15) is 23.8 Å². The van der Waals surface area contributed by atoms with Crippen LogP contribution in [0.5, 0.6) is 5.75 Å². The molecule has 1 aliphatic rings. The first-order valence-electron chi connectivity index (χ1n) is 10.9. The van der Waals surface area contributed by atoms with E-state index in [9.17, 15) is 32.6 Å². The van der Waals surface area contributed by atoms with Crippen LogP contribution in [0.4, 0.5) is 23.2 Å². The molecule has 3 N–H and O–H groups in total. The summed E-state index contributed by atoms with van der Waals surface area (Å²) in [6.07, 6.45) is -7.60. The van der Waals surface area contributed by atoms with Crippen LogP contribution in [0.2, 0.25) is 0 Å². The van der Waals surface area contributed by atoms with Crippen molar-refractivity contribution in [2.45, 2.75) is 63.7 Å². The van der Waals surface area contributed by atoms with Crippen LogP contribution in [0.25, 0.3) is 0 Å². The van der Waals surface area contributed by atoms with E-state index < -0.39 is 53.6 Å². The van der Waals surface area contributed by atoms with E-state index in [1.165, 1.54) is 52.3 Å². The number of rotatable bonds is 6. The predicted molar refractivity (Wildman–Crippen MR) is 118 cm³/mol. The first kappa shape index (κ1) is 26.8. The highest BCUT2D eigenvalue weighted by Gasteiger charge is 2.65. The summed E-state index contributed by atoms with van der Waals surface area (Å²) in [5.41, 5.74) is -2.16. The van der Waals surface area contributed by atoms with E-state index in [1.807, 2.05) is 0 Å². The molecular weight excluding hydrogens is 472 g/mol. The highest BCUT2D eigenvalue weighted by Crippen LogP contribution is 2.55. The Hall–Kier alpha value is -2.76. The molecule has 192 valence electrons. The number of halogens is 4. The minimum Gasteiger partial charge on any atom is -0.496 e. The number of hydrogen-bond acceptors (Lipinski definition) is 6. The van der Waals surface area contributed by atoms with Crippen LogP contribution >= 0.6 is 0 Å². The number of aromatic nitrogens is 1. The second-order valence-electron chi connectivity index (χ2n) is 8.90. The molecule has 0 bridgehead atoms. The topological polar surface area (TPSA) is 101 Å². The zero-order valence-corrected chi connectivity index (χ0v) is 19.9. The number of amides is 1. The molecule has 1 fully saturated rings. The SMILES string of the molecule is COc1c([C@@H]2[C@@H](C(=O)Nc3ccnc([C@@H](O)[C@@H](C)O)c3)O[C@](C)(C(F)(F)F)[C@@H]2C)ccc(F)c1C. The Morgan fingerprint density at radius 2 is 1.94 bits per heavy atom. The molecule has 0 spiro atoms. The van der Waals surface area contributed by atoms with Gasteiger partial charge in [0.2, 0.25) is 0 Å².